The highest BCUT2D eigenvalue weighted by molar-refractivity contribution is 7.92. The Hall–Kier alpha value is -3.87. The van der Waals surface area contributed by atoms with Crippen molar-refractivity contribution in [3.8, 4) is 32.6 Å². The second-order valence-electron chi connectivity index (χ2n) is 8.89. The second-order valence-corrected chi connectivity index (χ2v) is 12.8. The number of anilines is 1. The molecule has 1 aliphatic heterocycles. The number of ether oxygens (including phenoxy) is 2. The number of rotatable bonds is 2. The van der Waals surface area contributed by atoms with E-state index in [9.17, 15) is 13.2 Å². The van der Waals surface area contributed by atoms with Crippen molar-refractivity contribution >= 4 is 54.4 Å². The topological polar surface area (TPSA) is 120 Å². The molecule has 0 aliphatic carbocycles. The van der Waals surface area contributed by atoms with Crippen LogP contribution in [0.1, 0.15) is 27.2 Å². The van der Waals surface area contributed by atoms with Crippen molar-refractivity contribution < 1.29 is 22.7 Å². The standard InChI is InChI=1S/C27H22N4O5S3/c1-14-23-26-24(30-13-29-23)22-9-5-16(37-22)4-7-20(32)18-11-17(6-8-21(18)35-2)39(33,34)31-19-10-15(25(14)38-26)12-28-27(19)36-3/h5-6,8-13,31H,4,7H2,1-3H3. The first-order valence-corrected chi connectivity index (χ1v) is 15.0. The van der Waals surface area contributed by atoms with E-state index in [0.29, 0.717) is 17.7 Å². The fourth-order valence-corrected chi connectivity index (χ4v) is 7.97. The van der Waals surface area contributed by atoms with Crippen LogP contribution in [0, 0.1) is 6.92 Å². The number of thiophene rings is 2. The number of hydrogen-bond donors (Lipinski definition) is 1. The van der Waals surface area contributed by atoms with Crippen LogP contribution in [-0.2, 0) is 16.4 Å². The number of benzene rings is 1. The summed E-state index contributed by atoms with van der Waals surface area (Å²) in [5.41, 5.74) is 3.67. The third-order valence-corrected chi connectivity index (χ3v) is 10.4. The molecule has 0 saturated heterocycles. The van der Waals surface area contributed by atoms with E-state index in [1.807, 2.05) is 19.1 Å². The summed E-state index contributed by atoms with van der Waals surface area (Å²) in [4.78, 5) is 29.6. The van der Waals surface area contributed by atoms with E-state index in [0.717, 1.165) is 36.1 Å². The number of pyridine rings is 1. The molecule has 9 nitrogen and oxygen atoms in total. The minimum absolute atomic E-state index is 0.0726. The Morgan fingerprint density at radius 3 is 2.62 bits per heavy atom. The Bertz CT molecular complexity index is 1880. The van der Waals surface area contributed by atoms with Crippen LogP contribution in [0.3, 0.4) is 0 Å². The van der Waals surface area contributed by atoms with Gasteiger partial charge in [-0.2, -0.15) is 0 Å². The Labute approximate surface area is 232 Å². The molecule has 1 aliphatic rings. The van der Waals surface area contributed by atoms with Crippen molar-refractivity contribution in [2.45, 2.75) is 24.7 Å². The molecule has 8 bridgehead atoms. The molecule has 1 aromatic carbocycles. The van der Waals surface area contributed by atoms with Crippen LogP contribution >= 0.6 is 22.7 Å². The first-order valence-electron chi connectivity index (χ1n) is 11.9. The van der Waals surface area contributed by atoms with Crippen molar-refractivity contribution in [1.29, 1.82) is 0 Å². The van der Waals surface area contributed by atoms with Gasteiger partial charge in [0.15, 0.2) is 5.78 Å². The summed E-state index contributed by atoms with van der Waals surface area (Å²) in [5.74, 6) is 0.212. The number of nitrogens with one attached hydrogen (secondary N) is 1. The minimum atomic E-state index is -4.11. The van der Waals surface area contributed by atoms with Crippen molar-refractivity contribution in [3.05, 3.63) is 64.9 Å². The maximum absolute atomic E-state index is 13.5. The Morgan fingerprint density at radius 2 is 1.82 bits per heavy atom. The number of aryl methyl sites for hydroxylation is 2. The van der Waals surface area contributed by atoms with Crippen molar-refractivity contribution in [2.75, 3.05) is 18.9 Å². The monoisotopic (exact) mass is 578 g/mol. The third-order valence-electron chi connectivity index (χ3n) is 6.53. The van der Waals surface area contributed by atoms with Gasteiger partial charge < -0.3 is 9.47 Å². The molecule has 39 heavy (non-hydrogen) atoms. The molecule has 4 aromatic heterocycles. The van der Waals surface area contributed by atoms with Gasteiger partial charge in [0.1, 0.15) is 23.5 Å². The smallest absolute Gasteiger partial charge is 0.262 e. The number of nitrogens with zero attached hydrogens (tertiary/aromatic N) is 3. The number of fused-ring (bicyclic) bond motifs is 9. The lowest BCUT2D eigenvalue weighted by atomic mass is 10.0. The van der Waals surface area contributed by atoms with Gasteiger partial charge in [-0.25, -0.2) is 23.4 Å². The van der Waals surface area contributed by atoms with Gasteiger partial charge in [0.2, 0.25) is 5.88 Å². The number of aromatic nitrogens is 3. The number of sulfonamides is 1. The van der Waals surface area contributed by atoms with Crippen molar-refractivity contribution in [3.63, 3.8) is 0 Å². The Balaban J connectivity index is 1.59. The number of carbonyl (C=O) groups excluding carboxylic acids is 1. The number of carbonyl (C=O) groups is 1. The summed E-state index contributed by atoms with van der Waals surface area (Å²) in [6.07, 6.45) is 3.89. The molecular formula is C27H22N4O5S3. The first-order chi connectivity index (χ1) is 18.8. The molecule has 198 valence electrons. The highest BCUT2D eigenvalue weighted by atomic mass is 32.2. The molecule has 0 spiro atoms. The molecule has 5 heterocycles. The minimum Gasteiger partial charge on any atom is -0.496 e. The van der Waals surface area contributed by atoms with Gasteiger partial charge in [0.25, 0.3) is 10.0 Å². The number of methoxy groups -OCH3 is 2. The van der Waals surface area contributed by atoms with E-state index in [2.05, 4.69) is 19.7 Å². The predicted molar refractivity (Wildman–Crippen MR) is 152 cm³/mol. The third kappa shape index (κ3) is 4.44. The van der Waals surface area contributed by atoms with Gasteiger partial charge in [-0.05, 0) is 55.3 Å². The maximum atomic E-state index is 13.5. The molecule has 0 atom stereocenters. The van der Waals surface area contributed by atoms with Gasteiger partial charge in [0.05, 0.1) is 39.8 Å². The van der Waals surface area contributed by atoms with Crippen LogP contribution in [0.15, 0.2) is 53.8 Å². The number of Topliss-reactive ketones (excluding diaryl/α,β-unsaturated/α-hetero) is 1. The predicted octanol–water partition coefficient (Wildman–Crippen LogP) is 5.74. The molecule has 0 fully saturated rings. The maximum Gasteiger partial charge on any atom is 0.262 e. The van der Waals surface area contributed by atoms with Crippen molar-refractivity contribution in [1.82, 2.24) is 15.0 Å². The van der Waals surface area contributed by atoms with E-state index in [-0.39, 0.29) is 34.2 Å². The second kappa shape index (κ2) is 9.70. The lowest BCUT2D eigenvalue weighted by Crippen LogP contribution is -2.15. The summed E-state index contributed by atoms with van der Waals surface area (Å²) in [6.45, 7) is 1.98. The summed E-state index contributed by atoms with van der Waals surface area (Å²) in [6, 6.07) is 9.95. The van der Waals surface area contributed by atoms with Gasteiger partial charge in [0, 0.05) is 27.9 Å². The van der Waals surface area contributed by atoms with Crippen LogP contribution < -0.4 is 14.2 Å². The SMILES string of the molecule is COc1ccc2cc1C(=O)CCc1ccc(s1)-c1ncnc3c(C)c(sc13)-c1cnc(OC)c(c1)NS2(=O)=O. The van der Waals surface area contributed by atoms with Crippen LogP contribution in [0.2, 0.25) is 0 Å². The molecule has 0 saturated carbocycles. The number of ketones is 1. The summed E-state index contributed by atoms with van der Waals surface area (Å²) < 4.78 is 41.3. The summed E-state index contributed by atoms with van der Waals surface area (Å²) >= 11 is 3.11. The summed E-state index contributed by atoms with van der Waals surface area (Å²) in [7, 11) is -1.24. The highest BCUT2D eigenvalue weighted by Gasteiger charge is 2.24. The Kier molecular flexibility index (Phi) is 6.32. The largest absolute Gasteiger partial charge is 0.496 e. The lowest BCUT2D eigenvalue weighted by molar-refractivity contribution is 0.0980. The molecule has 0 amide bonds. The summed E-state index contributed by atoms with van der Waals surface area (Å²) in [5, 5.41) is 0. The average Bonchev–Trinajstić information content (AvgIpc) is 3.55. The zero-order valence-electron chi connectivity index (χ0n) is 21.1. The molecular weight excluding hydrogens is 557 g/mol. The van der Waals surface area contributed by atoms with Gasteiger partial charge in [-0.1, -0.05) is 0 Å². The van der Waals surface area contributed by atoms with E-state index in [1.165, 1.54) is 43.8 Å². The lowest BCUT2D eigenvalue weighted by Gasteiger charge is -2.14. The van der Waals surface area contributed by atoms with Crippen LogP contribution in [0.5, 0.6) is 11.6 Å². The fraction of sp³-hybridized carbons (Fsp3) is 0.185. The van der Waals surface area contributed by atoms with Crippen LogP contribution in [0.4, 0.5) is 5.69 Å². The van der Waals surface area contributed by atoms with Gasteiger partial charge >= 0.3 is 0 Å². The zero-order valence-corrected chi connectivity index (χ0v) is 23.6. The van der Waals surface area contributed by atoms with Crippen LogP contribution in [-0.4, -0.2) is 43.4 Å². The molecule has 6 rings (SSSR count). The molecule has 12 heteroatoms. The highest BCUT2D eigenvalue weighted by Crippen LogP contribution is 2.43. The van der Waals surface area contributed by atoms with E-state index in [1.54, 1.807) is 29.9 Å². The van der Waals surface area contributed by atoms with Gasteiger partial charge in [-0.3, -0.25) is 9.52 Å². The Morgan fingerprint density at radius 1 is 0.974 bits per heavy atom. The zero-order chi connectivity index (χ0) is 27.3. The first kappa shape index (κ1) is 25.4. The van der Waals surface area contributed by atoms with Crippen LogP contribution in [0.25, 0.3) is 31.2 Å². The van der Waals surface area contributed by atoms with E-state index >= 15 is 0 Å². The van der Waals surface area contributed by atoms with E-state index < -0.39 is 10.0 Å². The molecule has 5 aromatic rings. The number of hydrogen-bond acceptors (Lipinski definition) is 10. The quantitative estimate of drug-likeness (QED) is 0.282. The fourth-order valence-electron chi connectivity index (χ4n) is 4.57. The molecule has 0 unspecified atom stereocenters. The average molecular weight is 579 g/mol. The van der Waals surface area contributed by atoms with Gasteiger partial charge in [-0.15, -0.1) is 22.7 Å². The molecule has 0 radical (unpaired) electrons. The van der Waals surface area contributed by atoms with Crippen molar-refractivity contribution in [2.24, 2.45) is 0 Å². The molecule has 1 N–H and O–H groups in total. The van der Waals surface area contributed by atoms with E-state index in [4.69, 9.17) is 9.47 Å². The normalized spacial score (nSPS) is 14.5.